The summed E-state index contributed by atoms with van der Waals surface area (Å²) in [6, 6.07) is 9.73. The monoisotopic (exact) mass is 509 g/mol. The summed E-state index contributed by atoms with van der Waals surface area (Å²) >= 11 is 0. The highest BCUT2D eigenvalue weighted by Gasteiger charge is 2.52. The molecule has 2 N–H and O–H groups in total. The van der Waals surface area contributed by atoms with E-state index >= 15 is 0 Å². The van der Waals surface area contributed by atoms with Gasteiger partial charge in [-0.25, -0.2) is 13.6 Å². The lowest BCUT2D eigenvalue weighted by Gasteiger charge is -2.46. The highest BCUT2D eigenvalue weighted by Crippen LogP contribution is 2.50. The van der Waals surface area contributed by atoms with Gasteiger partial charge in [-0.15, -0.1) is 12.4 Å². The number of carbonyl (C=O) groups is 1. The van der Waals surface area contributed by atoms with Gasteiger partial charge in [0.1, 0.15) is 0 Å². The Bertz CT molecular complexity index is 1050. The van der Waals surface area contributed by atoms with Crippen LogP contribution in [0.4, 0.5) is 19.3 Å². The van der Waals surface area contributed by atoms with Gasteiger partial charge in [0, 0.05) is 35.3 Å². The zero-order valence-electron chi connectivity index (χ0n) is 20.6. The van der Waals surface area contributed by atoms with Gasteiger partial charge in [-0.3, -0.25) is 4.90 Å². The molecule has 2 fully saturated rings. The summed E-state index contributed by atoms with van der Waals surface area (Å²) in [7, 11) is 3.29. The van der Waals surface area contributed by atoms with Gasteiger partial charge in [0.15, 0.2) is 23.1 Å². The van der Waals surface area contributed by atoms with E-state index in [1.165, 1.54) is 11.6 Å². The molecule has 0 spiro atoms. The van der Waals surface area contributed by atoms with E-state index in [2.05, 4.69) is 41.5 Å². The van der Waals surface area contributed by atoms with Crippen LogP contribution in [0.5, 0.6) is 11.5 Å². The van der Waals surface area contributed by atoms with Gasteiger partial charge in [-0.1, -0.05) is 6.07 Å². The van der Waals surface area contributed by atoms with Gasteiger partial charge in [0.2, 0.25) is 0 Å². The van der Waals surface area contributed by atoms with E-state index in [0.29, 0.717) is 11.8 Å². The van der Waals surface area contributed by atoms with Crippen molar-refractivity contribution in [1.82, 2.24) is 10.2 Å². The first kappa shape index (κ1) is 27.0. The van der Waals surface area contributed by atoms with E-state index in [1.807, 2.05) is 6.07 Å². The molecule has 0 radical (unpaired) electrons. The topological polar surface area (TPSA) is 62.8 Å². The summed E-state index contributed by atoms with van der Waals surface area (Å²) < 4.78 is 37.7. The standard InChI is InChI=1S/C26H33F2N3O3.ClH/c1-16(2)31-12-11-26(17-5-8-22(33-3)23(13-17)34-4)10-9-19(15-24(26)31)30-25(32)29-18-6-7-20(27)21(28)14-18;/h5-8,13-14,16,19,24H,9-12,15H2,1-4H3,(H2,29,30,32);1H/t19-,24+,26+;/m1./s1. The lowest BCUT2D eigenvalue weighted by atomic mass is 9.65. The van der Waals surface area contributed by atoms with Crippen molar-refractivity contribution >= 4 is 24.1 Å². The van der Waals surface area contributed by atoms with Gasteiger partial charge in [-0.2, -0.15) is 0 Å². The van der Waals surface area contributed by atoms with Gasteiger partial charge in [0.05, 0.1) is 14.2 Å². The number of methoxy groups -OCH3 is 2. The number of hydrogen-bond donors (Lipinski definition) is 2. The van der Waals surface area contributed by atoms with Gasteiger partial charge in [0.25, 0.3) is 0 Å². The van der Waals surface area contributed by atoms with Crippen molar-refractivity contribution in [2.45, 2.75) is 63.1 Å². The largest absolute Gasteiger partial charge is 0.493 e. The van der Waals surface area contributed by atoms with Crippen LogP contribution in [0.1, 0.15) is 45.1 Å². The Morgan fingerprint density at radius 1 is 1.06 bits per heavy atom. The van der Waals surface area contributed by atoms with E-state index in [-0.39, 0.29) is 35.6 Å². The maximum Gasteiger partial charge on any atom is 0.319 e. The van der Waals surface area contributed by atoms with Crippen LogP contribution >= 0.6 is 12.4 Å². The molecule has 0 bridgehead atoms. The third kappa shape index (κ3) is 5.33. The van der Waals surface area contributed by atoms with E-state index < -0.39 is 17.7 Å². The number of nitrogens with one attached hydrogen (secondary N) is 2. The molecule has 1 saturated carbocycles. The molecule has 0 unspecified atom stereocenters. The fourth-order valence-electron chi connectivity index (χ4n) is 5.74. The third-order valence-electron chi connectivity index (χ3n) is 7.44. The van der Waals surface area contributed by atoms with Crippen LogP contribution in [0.3, 0.4) is 0 Å². The first-order valence-corrected chi connectivity index (χ1v) is 11.8. The second kappa shape index (κ2) is 11.0. The summed E-state index contributed by atoms with van der Waals surface area (Å²) in [6.45, 7) is 5.40. The number of urea groups is 1. The molecule has 0 aromatic heterocycles. The summed E-state index contributed by atoms with van der Waals surface area (Å²) in [4.78, 5) is 15.1. The molecule has 1 heterocycles. The Morgan fingerprint density at radius 3 is 2.46 bits per heavy atom. The first-order valence-electron chi connectivity index (χ1n) is 11.8. The fraction of sp³-hybridized carbons (Fsp3) is 0.500. The second-order valence-electron chi connectivity index (χ2n) is 9.52. The van der Waals surface area contributed by atoms with Crippen molar-refractivity contribution in [3.63, 3.8) is 0 Å². The molecule has 3 atom stereocenters. The van der Waals surface area contributed by atoms with Crippen molar-refractivity contribution in [2.24, 2.45) is 0 Å². The fourth-order valence-corrected chi connectivity index (χ4v) is 5.74. The second-order valence-corrected chi connectivity index (χ2v) is 9.52. The average molecular weight is 510 g/mol. The Morgan fingerprint density at radius 2 is 1.80 bits per heavy atom. The molecule has 2 amide bonds. The maximum atomic E-state index is 13.5. The molecule has 9 heteroatoms. The molecule has 35 heavy (non-hydrogen) atoms. The Kier molecular flexibility index (Phi) is 8.49. The van der Waals surface area contributed by atoms with Gasteiger partial charge < -0.3 is 20.1 Å². The van der Waals surface area contributed by atoms with Crippen molar-refractivity contribution in [2.75, 3.05) is 26.1 Å². The van der Waals surface area contributed by atoms with Crippen LogP contribution in [0.15, 0.2) is 36.4 Å². The number of likely N-dealkylation sites (tertiary alicyclic amines) is 1. The van der Waals surface area contributed by atoms with Crippen LogP contribution < -0.4 is 20.1 Å². The minimum absolute atomic E-state index is 0. The number of ether oxygens (including phenoxy) is 2. The number of hydrogen-bond acceptors (Lipinski definition) is 4. The minimum Gasteiger partial charge on any atom is -0.493 e. The van der Waals surface area contributed by atoms with Crippen LogP contribution in [-0.4, -0.2) is 49.8 Å². The van der Waals surface area contributed by atoms with E-state index in [1.54, 1.807) is 14.2 Å². The van der Waals surface area contributed by atoms with Gasteiger partial charge >= 0.3 is 6.03 Å². The van der Waals surface area contributed by atoms with E-state index in [4.69, 9.17) is 9.47 Å². The number of nitrogens with zero attached hydrogens (tertiary/aromatic N) is 1. The Hall–Kier alpha value is -2.58. The van der Waals surface area contributed by atoms with Crippen LogP contribution in [0.2, 0.25) is 0 Å². The predicted molar refractivity (Wildman–Crippen MR) is 135 cm³/mol. The van der Waals surface area contributed by atoms with Crippen LogP contribution in [0.25, 0.3) is 0 Å². The summed E-state index contributed by atoms with van der Waals surface area (Å²) in [5, 5.41) is 5.66. The molecule has 2 aliphatic rings. The van der Waals surface area contributed by atoms with Crippen molar-refractivity contribution in [3.05, 3.63) is 53.6 Å². The molecule has 2 aromatic rings. The average Bonchev–Trinajstić information content (AvgIpc) is 3.21. The number of fused-ring (bicyclic) bond motifs is 1. The third-order valence-corrected chi connectivity index (χ3v) is 7.44. The highest BCUT2D eigenvalue weighted by molar-refractivity contribution is 5.89. The van der Waals surface area contributed by atoms with E-state index in [0.717, 1.165) is 50.1 Å². The number of rotatable bonds is 6. The van der Waals surface area contributed by atoms with Crippen molar-refractivity contribution in [3.8, 4) is 11.5 Å². The number of anilines is 1. The quantitative estimate of drug-likeness (QED) is 0.540. The molecular weight excluding hydrogens is 476 g/mol. The molecular formula is C26H34ClF2N3O3. The lowest BCUT2D eigenvalue weighted by Crippen LogP contribution is -2.54. The summed E-state index contributed by atoms with van der Waals surface area (Å²) in [5.41, 5.74) is 1.43. The van der Waals surface area contributed by atoms with Gasteiger partial charge in [-0.05, 0) is 75.9 Å². The van der Waals surface area contributed by atoms with Crippen molar-refractivity contribution in [1.29, 1.82) is 0 Å². The number of halogens is 3. The Balaban J connectivity index is 0.00000342. The number of amides is 2. The zero-order valence-corrected chi connectivity index (χ0v) is 21.4. The predicted octanol–water partition coefficient (Wildman–Crippen LogP) is 5.50. The molecule has 4 rings (SSSR count). The molecule has 1 aliphatic heterocycles. The SMILES string of the molecule is COc1ccc([C@@]23CC[C@@H](NC(=O)Nc4ccc(F)c(F)c4)C[C@@H]2N(C(C)C)CC3)cc1OC.Cl. The first-order chi connectivity index (χ1) is 16.3. The van der Waals surface area contributed by atoms with Crippen LogP contribution in [-0.2, 0) is 5.41 Å². The maximum absolute atomic E-state index is 13.5. The Labute approximate surface area is 211 Å². The van der Waals surface area contributed by atoms with E-state index in [9.17, 15) is 13.6 Å². The molecule has 192 valence electrons. The molecule has 1 aliphatic carbocycles. The summed E-state index contributed by atoms with van der Waals surface area (Å²) in [6.07, 6.45) is 3.59. The minimum atomic E-state index is -0.992. The summed E-state index contributed by atoms with van der Waals surface area (Å²) in [5.74, 6) is -0.502. The zero-order chi connectivity index (χ0) is 24.5. The normalized spacial score (nSPS) is 23.9. The molecule has 1 saturated heterocycles. The molecule has 6 nitrogen and oxygen atoms in total. The van der Waals surface area contributed by atoms with Crippen molar-refractivity contribution < 1.29 is 23.0 Å². The lowest BCUT2D eigenvalue weighted by molar-refractivity contribution is 0.113. The number of carbonyl (C=O) groups excluding carboxylic acids is 1. The molecule has 2 aromatic carbocycles. The number of benzene rings is 2. The highest BCUT2D eigenvalue weighted by atomic mass is 35.5. The smallest absolute Gasteiger partial charge is 0.319 e. The van der Waals surface area contributed by atoms with Crippen LogP contribution in [0, 0.1) is 11.6 Å².